The molecule has 0 bridgehead atoms. The quantitative estimate of drug-likeness (QED) is 0.0169. The molecule has 0 aliphatic rings. The Hall–Kier alpha value is -2.46. The van der Waals surface area contributed by atoms with Crippen molar-refractivity contribution in [3.63, 3.8) is 0 Å². The zero-order valence-corrected chi connectivity index (χ0v) is 63.1. The standard InChI is InChI=1S/C76H144O17P2/c1-6-9-12-15-18-21-23-25-27-29-31-36-41-46-51-56-61-75(80)93-72(66-87-74(79)60-55-50-45-40-35-30-28-26-24-22-19-16-13-10-7-2)68-91-95(84,85)89-64-70(77)63-88-94(82,83)90-67-71(65-86-73(78)59-54-49-44-38-20-17-14-11-8-3)92-76(81)62-57-52-47-42-37-33-32-34-39-43-48-53-58-69(4)5/h22,24,26,28,69-72,77H,6-21,23,25,27,29-68H2,1-5H3,(H,82,83)(H,84,85)/b24-22-,28-26-/t70-,71+,72+/m0/s1. The second-order valence-electron chi connectivity index (χ2n) is 27.2. The van der Waals surface area contributed by atoms with Gasteiger partial charge in [0.15, 0.2) is 12.2 Å². The van der Waals surface area contributed by atoms with E-state index in [-0.39, 0.29) is 25.7 Å². The highest BCUT2D eigenvalue weighted by molar-refractivity contribution is 7.47. The fourth-order valence-electron chi connectivity index (χ4n) is 11.2. The van der Waals surface area contributed by atoms with Gasteiger partial charge in [0.05, 0.1) is 26.4 Å². The van der Waals surface area contributed by atoms with Gasteiger partial charge in [-0.2, -0.15) is 0 Å². The van der Waals surface area contributed by atoms with E-state index in [1.807, 2.05) is 0 Å². The highest BCUT2D eigenvalue weighted by atomic mass is 31.2. The third kappa shape index (κ3) is 69.8. The van der Waals surface area contributed by atoms with Crippen LogP contribution in [0.3, 0.4) is 0 Å². The molecule has 560 valence electrons. The number of phosphoric acid groups is 2. The van der Waals surface area contributed by atoms with Gasteiger partial charge in [-0.05, 0) is 57.3 Å². The number of rotatable bonds is 74. The van der Waals surface area contributed by atoms with Crippen LogP contribution < -0.4 is 0 Å². The van der Waals surface area contributed by atoms with E-state index in [9.17, 15) is 43.2 Å². The number of aliphatic hydroxyl groups is 1. The molecule has 2 unspecified atom stereocenters. The minimum Gasteiger partial charge on any atom is -0.462 e. The molecule has 0 aromatic heterocycles. The van der Waals surface area contributed by atoms with Crippen LogP contribution in [-0.2, 0) is 65.4 Å². The Labute approximate surface area is 580 Å². The average molecular weight is 1390 g/mol. The minimum absolute atomic E-state index is 0.102. The zero-order chi connectivity index (χ0) is 69.8. The molecule has 19 heteroatoms. The Morgan fingerprint density at radius 2 is 0.568 bits per heavy atom. The van der Waals surface area contributed by atoms with Crippen molar-refractivity contribution in [2.45, 2.75) is 393 Å². The summed E-state index contributed by atoms with van der Waals surface area (Å²) in [6.45, 7) is 7.22. The van der Waals surface area contributed by atoms with Crippen LogP contribution in [0.5, 0.6) is 0 Å². The molecular formula is C76H144O17P2. The van der Waals surface area contributed by atoms with Gasteiger partial charge in [-0.25, -0.2) is 9.13 Å². The predicted molar refractivity (Wildman–Crippen MR) is 386 cm³/mol. The molecule has 0 aliphatic heterocycles. The van der Waals surface area contributed by atoms with Gasteiger partial charge >= 0.3 is 39.5 Å². The van der Waals surface area contributed by atoms with Gasteiger partial charge in [-0.1, -0.05) is 322 Å². The third-order valence-electron chi connectivity index (χ3n) is 17.2. The monoisotopic (exact) mass is 1390 g/mol. The highest BCUT2D eigenvalue weighted by Crippen LogP contribution is 2.45. The van der Waals surface area contributed by atoms with Gasteiger partial charge in [0.2, 0.25) is 0 Å². The Kier molecular flexibility index (Phi) is 66.9. The maximum atomic E-state index is 13.1. The summed E-state index contributed by atoms with van der Waals surface area (Å²) >= 11 is 0. The summed E-state index contributed by atoms with van der Waals surface area (Å²) in [5.41, 5.74) is 0. The highest BCUT2D eigenvalue weighted by Gasteiger charge is 2.30. The van der Waals surface area contributed by atoms with E-state index in [1.165, 1.54) is 180 Å². The van der Waals surface area contributed by atoms with Gasteiger partial charge in [0.1, 0.15) is 19.3 Å². The zero-order valence-electron chi connectivity index (χ0n) is 61.3. The first kappa shape index (κ1) is 92.5. The van der Waals surface area contributed by atoms with Crippen LogP contribution in [0.4, 0.5) is 0 Å². The number of phosphoric ester groups is 2. The second-order valence-corrected chi connectivity index (χ2v) is 30.1. The maximum absolute atomic E-state index is 13.1. The first-order valence-corrected chi connectivity index (χ1v) is 41.9. The molecular weight excluding hydrogens is 1250 g/mol. The van der Waals surface area contributed by atoms with Crippen molar-refractivity contribution in [3.8, 4) is 0 Å². The van der Waals surface area contributed by atoms with Crippen molar-refractivity contribution in [1.29, 1.82) is 0 Å². The molecule has 0 radical (unpaired) electrons. The van der Waals surface area contributed by atoms with Gasteiger partial charge in [0, 0.05) is 25.7 Å². The Morgan fingerprint density at radius 1 is 0.326 bits per heavy atom. The van der Waals surface area contributed by atoms with E-state index in [2.05, 4.69) is 58.9 Å². The lowest BCUT2D eigenvalue weighted by atomic mass is 10.0. The summed E-state index contributed by atoms with van der Waals surface area (Å²) in [6.07, 6.45) is 60.4. The molecule has 0 amide bonds. The maximum Gasteiger partial charge on any atom is 0.472 e. The van der Waals surface area contributed by atoms with Gasteiger partial charge < -0.3 is 33.8 Å². The van der Waals surface area contributed by atoms with Crippen molar-refractivity contribution in [3.05, 3.63) is 24.3 Å². The molecule has 0 saturated carbocycles. The molecule has 0 aliphatic carbocycles. The normalized spacial score (nSPS) is 14.1. The van der Waals surface area contributed by atoms with Crippen LogP contribution in [0.2, 0.25) is 0 Å². The molecule has 0 spiro atoms. The lowest BCUT2D eigenvalue weighted by molar-refractivity contribution is -0.161. The van der Waals surface area contributed by atoms with Crippen LogP contribution in [-0.4, -0.2) is 96.7 Å². The molecule has 0 heterocycles. The number of carbonyl (C=O) groups is 4. The second kappa shape index (κ2) is 68.7. The van der Waals surface area contributed by atoms with Crippen molar-refractivity contribution < 1.29 is 80.2 Å². The third-order valence-corrected chi connectivity index (χ3v) is 19.1. The molecule has 0 saturated heterocycles. The van der Waals surface area contributed by atoms with Gasteiger partial charge in [-0.3, -0.25) is 37.3 Å². The Bertz CT molecular complexity index is 1920. The molecule has 0 rings (SSSR count). The van der Waals surface area contributed by atoms with Crippen molar-refractivity contribution in [2.75, 3.05) is 39.6 Å². The smallest absolute Gasteiger partial charge is 0.462 e. The van der Waals surface area contributed by atoms with E-state index in [1.54, 1.807) is 0 Å². The number of carbonyl (C=O) groups excluding carboxylic acids is 4. The first-order chi connectivity index (χ1) is 46.0. The summed E-state index contributed by atoms with van der Waals surface area (Å²) < 4.78 is 68.5. The van der Waals surface area contributed by atoms with E-state index in [4.69, 9.17) is 37.0 Å². The summed E-state index contributed by atoms with van der Waals surface area (Å²) in [7, 11) is -9.92. The summed E-state index contributed by atoms with van der Waals surface area (Å²) in [4.78, 5) is 72.8. The van der Waals surface area contributed by atoms with Crippen LogP contribution in [0.25, 0.3) is 0 Å². The predicted octanol–water partition coefficient (Wildman–Crippen LogP) is 22.0. The van der Waals surface area contributed by atoms with Crippen LogP contribution >= 0.6 is 15.6 Å². The number of hydrogen-bond donors (Lipinski definition) is 3. The molecule has 0 fully saturated rings. The Balaban J connectivity index is 5.27. The van der Waals surface area contributed by atoms with Crippen molar-refractivity contribution in [1.82, 2.24) is 0 Å². The number of ether oxygens (including phenoxy) is 4. The van der Waals surface area contributed by atoms with E-state index < -0.39 is 97.5 Å². The fourth-order valence-corrected chi connectivity index (χ4v) is 12.7. The number of hydrogen-bond acceptors (Lipinski definition) is 15. The minimum atomic E-state index is -4.96. The largest absolute Gasteiger partial charge is 0.472 e. The lowest BCUT2D eigenvalue weighted by Crippen LogP contribution is -2.30. The molecule has 0 aromatic rings. The number of unbranched alkanes of at least 4 members (excludes halogenated alkanes) is 43. The number of esters is 4. The number of allylic oxidation sites excluding steroid dienone is 4. The topological polar surface area (TPSA) is 237 Å². The molecule has 3 N–H and O–H groups in total. The summed E-state index contributed by atoms with van der Waals surface area (Å²) in [5, 5.41) is 10.6. The van der Waals surface area contributed by atoms with Crippen LogP contribution in [0.15, 0.2) is 24.3 Å². The van der Waals surface area contributed by atoms with E-state index >= 15 is 0 Å². The lowest BCUT2D eigenvalue weighted by Gasteiger charge is -2.21. The number of aliphatic hydroxyl groups excluding tert-OH is 1. The SMILES string of the molecule is CCCCCC/C=C\C=C/CCCCCCCC(=O)OC[C@H](COP(=O)(O)OC[C@@H](O)COP(=O)(O)OC[C@@H](COC(=O)CCCCCCCCCCC)OC(=O)CCCCCCCCCCCCCCC(C)C)OC(=O)CCCCCCCCCCCCCCCCCC. The van der Waals surface area contributed by atoms with Crippen molar-refractivity contribution in [2.24, 2.45) is 5.92 Å². The summed E-state index contributed by atoms with van der Waals surface area (Å²) in [6, 6.07) is 0. The molecule has 17 nitrogen and oxygen atoms in total. The van der Waals surface area contributed by atoms with Crippen molar-refractivity contribution >= 4 is 39.5 Å². The van der Waals surface area contributed by atoms with Crippen LogP contribution in [0.1, 0.15) is 375 Å². The molecule has 0 aromatic carbocycles. The Morgan fingerprint density at radius 3 is 0.863 bits per heavy atom. The van der Waals surface area contributed by atoms with E-state index in [0.29, 0.717) is 25.7 Å². The van der Waals surface area contributed by atoms with Gasteiger partial charge in [-0.15, -0.1) is 0 Å². The average Bonchev–Trinajstić information content (AvgIpc) is 1.76. The fraction of sp³-hybridized carbons (Fsp3) is 0.895. The van der Waals surface area contributed by atoms with Crippen LogP contribution in [0, 0.1) is 5.92 Å². The summed E-state index contributed by atoms with van der Waals surface area (Å²) in [5.74, 6) is -1.37. The van der Waals surface area contributed by atoms with E-state index in [0.717, 1.165) is 115 Å². The first-order valence-electron chi connectivity index (χ1n) is 39.0. The molecule has 5 atom stereocenters. The molecule has 95 heavy (non-hydrogen) atoms. The van der Waals surface area contributed by atoms with Gasteiger partial charge in [0.25, 0.3) is 0 Å².